The smallest absolute Gasteiger partial charge is 0.228 e. The Morgan fingerprint density at radius 3 is 2.62 bits per heavy atom. The molecule has 1 aliphatic heterocycles. The third kappa shape index (κ3) is 3.53. The van der Waals surface area contributed by atoms with E-state index in [-0.39, 0.29) is 11.3 Å². The first-order chi connectivity index (χ1) is 10.00. The number of halogens is 2. The van der Waals surface area contributed by atoms with Gasteiger partial charge in [-0.2, -0.15) is 0 Å². The van der Waals surface area contributed by atoms with Crippen molar-refractivity contribution in [2.75, 3.05) is 20.1 Å². The van der Waals surface area contributed by atoms with E-state index in [4.69, 9.17) is 23.2 Å². The van der Waals surface area contributed by atoms with Gasteiger partial charge in [-0.3, -0.25) is 4.79 Å². The minimum absolute atomic E-state index is 0.211. The Balaban J connectivity index is 2.13. The summed E-state index contributed by atoms with van der Waals surface area (Å²) in [5.41, 5.74) is 0.658. The van der Waals surface area contributed by atoms with E-state index in [1.807, 2.05) is 19.2 Å². The molecule has 1 heterocycles. The summed E-state index contributed by atoms with van der Waals surface area (Å²) in [5, 5.41) is 4.39. The Labute approximate surface area is 136 Å². The first kappa shape index (κ1) is 16.6. The van der Waals surface area contributed by atoms with Gasteiger partial charge in [0, 0.05) is 13.6 Å². The van der Waals surface area contributed by atoms with E-state index in [0.717, 1.165) is 37.9 Å². The second-order valence-electron chi connectivity index (χ2n) is 5.76. The van der Waals surface area contributed by atoms with E-state index >= 15 is 0 Å². The molecule has 1 aromatic carbocycles. The molecule has 1 saturated heterocycles. The van der Waals surface area contributed by atoms with Gasteiger partial charge in [0.25, 0.3) is 0 Å². The predicted octanol–water partition coefficient (Wildman–Crippen LogP) is 3.73. The summed E-state index contributed by atoms with van der Waals surface area (Å²) in [5.74, 6) is 0.211. The monoisotopic (exact) mass is 328 g/mol. The van der Waals surface area contributed by atoms with E-state index in [0.29, 0.717) is 16.6 Å². The Morgan fingerprint density at radius 2 is 2.00 bits per heavy atom. The molecular weight excluding hydrogens is 307 g/mol. The van der Waals surface area contributed by atoms with Gasteiger partial charge in [-0.05, 0) is 44.0 Å². The third-order valence-electron chi connectivity index (χ3n) is 4.48. The van der Waals surface area contributed by atoms with Crippen LogP contribution in [0.4, 0.5) is 0 Å². The van der Waals surface area contributed by atoms with Crippen LogP contribution in [-0.4, -0.2) is 30.9 Å². The van der Waals surface area contributed by atoms with Crippen LogP contribution in [0.2, 0.25) is 10.0 Å². The van der Waals surface area contributed by atoms with Gasteiger partial charge in [0.1, 0.15) is 0 Å². The number of carbonyl (C=O) groups is 1. The van der Waals surface area contributed by atoms with E-state index in [2.05, 4.69) is 12.2 Å². The zero-order chi connectivity index (χ0) is 15.5. The molecule has 5 heteroatoms. The number of carbonyl (C=O) groups excluding carboxylic acids is 1. The SMILES string of the molecule is CCC1(C(=O)N(C)Cc2cccc(Cl)c2Cl)CCNCC1. The molecule has 1 fully saturated rings. The molecule has 0 spiro atoms. The molecule has 3 nitrogen and oxygen atoms in total. The third-order valence-corrected chi connectivity index (χ3v) is 5.33. The Bertz CT molecular complexity index is 513. The standard InChI is InChI=1S/C16H22Cl2N2O/c1-3-16(7-9-19-10-8-16)15(21)20(2)11-12-5-4-6-13(17)14(12)18/h4-6,19H,3,7-11H2,1-2H3. The molecule has 21 heavy (non-hydrogen) atoms. The average molecular weight is 329 g/mol. The lowest BCUT2D eigenvalue weighted by Gasteiger charge is -2.38. The van der Waals surface area contributed by atoms with Gasteiger partial charge in [-0.25, -0.2) is 0 Å². The van der Waals surface area contributed by atoms with Gasteiger partial charge in [0.15, 0.2) is 0 Å². The summed E-state index contributed by atoms with van der Waals surface area (Å²) < 4.78 is 0. The summed E-state index contributed by atoms with van der Waals surface area (Å²) in [4.78, 5) is 14.7. The molecule has 0 aliphatic carbocycles. The van der Waals surface area contributed by atoms with Gasteiger partial charge in [0.2, 0.25) is 5.91 Å². The lowest BCUT2D eigenvalue weighted by atomic mass is 9.75. The van der Waals surface area contributed by atoms with Crippen LogP contribution in [0.15, 0.2) is 18.2 Å². The first-order valence-electron chi connectivity index (χ1n) is 7.39. The molecule has 0 aromatic heterocycles. The fourth-order valence-electron chi connectivity index (χ4n) is 3.03. The number of piperidine rings is 1. The van der Waals surface area contributed by atoms with Gasteiger partial charge in [-0.1, -0.05) is 42.3 Å². The molecule has 0 atom stereocenters. The van der Waals surface area contributed by atoms with Crippen molar-refractivity contribution in [1.82, 2.24) is 10.2 Å². The average Bonchev–Trinajstić information content (AvgIpc) is 2.51. The molecule has 116 valence electrons. The van der Waals surface area contributed by atoms with Crippen LogP contribution in [0.1, 0.15) is 31.7 Å². The van der Waals surface area contributed by atoms with Crippen LogP contribution >= 0.6 is 23.2 Å². The van der Waals surface area contributed by atoms with Gasteiger partial charge in [-0.15, -0.1) is 0 Å². The Kier molecular flexibility index (Phi) is 5.53. The number of nitrogens with zero attached hydrogens (tertiary/aromatic N) is 1. The van der Waals surface area contributed by atoms with E-state index in [1.54, 1.807) is 11.0 Å². The first-order valence-corrected chi connectivity index (χ1v) is 8.15. The summed E-state index contributed by atoms with van der Waals surface area (Å²) in [6, 6.07) is 5.54. The zero-order valence-corrected chi connectivity index (χ0v) is 14.1. The van der Waals surface area contributed by atoms with Crippen molar-refractivity contribution in [2.24, 2.45) is 5.41 Å². The van der Waals surface area contributed by atoms with Gasteiger partial charge >= 0.3 is 0 Å². The normalized spacial score (nSPS) is 17.5. The summed E-state index contributed by atoms with van der Waals surface area (Å²) in [6.45, 7) is 4.41. The number of rotatable bonds is 4. The van der Waals surface area contributed by atoms with E-state index in [9.17, 15) is 4.79 Å². The molecule has 0 bridgehead atoms. The largest absolute Gasteiger partial charge is 0.341 e. The topological polar surface area (TPSA) is 32.3 Å². The number of hydrogen-bond acceptors (Lipinski definition) is 2. The van der Waals surface area contributed by atoms with Gasteiger partial charge < -0.3 is 10.2 Å². The van der Waals surface area contributed by atoms with Crippen LogP contribution < -0.4 is 5.32 Å². The lowest BCUT2D eigenvalue weighted by molar-refractivity contribution is -0.143. The summed E-state index contributed by atoms with van der Waals surface area (Å²) in [7, 11) is 1.85. The van der Waals surface area contributed by atoms with Crippen molar-refractivity contribution in [3.05, 3.63) is 33.8 Å². The maximum absolute atomic E-state index is 12.9. The molecule has 1 aromatic rings. The maximum atomic E-state index is 12.9. The molecule has 0 radical (unpaired) electrons. The van der Waals surface area contributed by atoms with Crippen LogP contribution in [0.3, 0.4) is 0 Å². The number of amides is 1. The Hall–Kier alpha value is -0.770. The fourth-order valence-corrected chi connectivity index (χ4v) is 3.41. The second kappa shape index (κ2) is 6.99. The van der Waals surface area contributed by atoms with E-state index < -0.39 is 0 Å². The molecular formula is C16H22Cl2N2O. The Morgan fingerprint density at radius 1 is 1.33 bits per heavy atom. The molecule has 1 N–H and O–H groups in total. The van der Waals surface area contributed by atoms with Crippen LogP contribution in [-0.2, 0) is 11.3 Å². The van der Waals surface area contributed by atoms with Crippen molar-refractivity contribution in [1.29, 1.82) is 0 Å². The van der Waals surface area contributed by atoms with Crippen LogP contribution in [0.25, 0.3) is 0 Å². The van der Waals surface area contributed by atoms with Crippen molar-refractivity contribution >= 4 is 29.1 Å². The number of nitrogens with one attached hydrogen (secondary N) is 1. The highest BCUT2D eigenvalue weighted by molar-refractivity contribution is 6.42. The summed E-state index contributed by atoms with van der Waals surface area (Å²) in [6.07, 6.45) is 2.67. The van der Waals surface area contributed by atoms with Crippen molar-refractivity contribution in [3.63, 3.8) is 0 Å². The van der Waals surface area contributed by atoms with Crippen LogP contribution in [0.5, 0.6) is 0 Å². The van der Waals surface area contributed by atoms with Crippen LogP contribution in [0, 0.1) is 5.41 Å². The summed E-state index contributed by atoms with van der Waals surface area (Å²) >= 11 is 12.3. The minimum Gasteiger partial charge on any atom is -0.341 e. The second-order valence-corrected chi connectivity index (χ2v) is 6.54. The predicted molar refractivity (Wildman–Crippen MR) is 87.8 cm³/mol. The van der Waals surface area contributed by atoms with E-state index in [1.165, 1.54) is 0 Å². The fraction of sp³-hybridized carbons (Fsp3) is 0.562. The molecule has 1 amide bonds. The van der Waals surface area contributed by atoms with Crippen molar-refractivity contribution in [3.8, 4) is 0 Å². The minimum atomic E-state index is -0.231. The molecule has 1 aliphatic rings. The highest BCUT2D eigenvalue weighted by atomic mass is 35.5. The molecule has 0 saturated carbocycles. The lowest BCUT2D eigenvalue weighted by Crippen LogP contribution is -2.47. The highest BCUT2D eigenvalue weighted by Crippen LogP contribution is 2.35. The van der Waals surface area contributed by atoms with Crippen molar-refractivity contribution < 1.29 is 4.79 Å². The van der Waals surface area contributed by atoms with Gasteiger partial charge in [0.05, 0.1) is 15.5 Å². The van der Waals surface area contributed by atoms with Crippen molar-refractivity contribution in [2.45, 2.75) is 32.7 Å². The molecule has 0 unspecified atom stereocenters. The maximum Gasteiger partial charge on any atom is 0.228 e. The number of benzene rings is 1. The quantitative estimate of drug-likeness (QED) is 0.913. The zero-order valence-electron chi connectivity index (χ0n) is 12.6. The molecule has 2 rings (SSSR count). The number of hydrogen-bond donors (Lipinski definition) is 1. The highest BCUT2D eigenvalue weighted by Gasteiger charge is 2.39.